The fourth-order valence-electron chi connectivity index (χ4n) is 5.30. The Kier molecular flexibility index (Phi) is 9.08. The first kappa shape index (κ1) is 27.4. The Morgan fingerprint density at radius 3 is 2.92 bits per heavy atom. The summed E-state index contributed by atoms with van der Waals surface area (Å²) in [5.74, 6) is -3.84. The minimum absolute atomic E-state index is 0.0150. The van der Waals surface area contributed by atoms with Crippen molar-refractivity contribution < 1.29 is 23.4 Å². The minimum Gasteiger partial charge on any atom is -0.480 e. The topological polar surface area (TPSA) is 87.6 Å². The molecule has 37 heavy (non-hydrogen) atoms. The fraction of sp³-hybridized carbons (Fsp3) is 0.607. The van der Waals surface area contributed by atoms with E-state index in [0.29, 0.717) is 31.4 Å². The maximum Gasteiger partial charge on any atom is 0.325 e. The molecule has 1 fully saturated rings. The minimum atomic E-state index is -2.85. The Labute approximate surface area is 217 Å². The molecule has 0 radical (unpaired) electrons. The Morgan fingerprint density at radius 1 is 1.30 bits per heavy atom. The van der Waals surface area contributed by atoms with E-state index >= 15 is 8.78 Å². The zero-order chi connectivity index (χ0) is 26.4. The number of carboxylic acid groups (broad SMARTS) is 1. The third kappa shape index (κ3) is 7.02. The van der Waals surface area contributed by atoms with Gasteiger partial charge in [-0.3, -0.25) is 14.7 Å². The van der Waals surface area contributed by atoms with Gasteiger partial charge in [0.1, 0.15) is 11.9 Å². The molecule has 2 N–H and O–H groups in total. The molecule has 4 heterocycles. The molecule has 0 aliphatic carbocycles. The van der Waals surface area contributed by atoms with Crippen LogP contribution in [0, 0.1) is 5.92 Å². The van der Waals surface area contributed by atoms with E-state index in [1.165, 1.54) is 11.8 Å². The first-order valence-corrected chi connectivity index (χ1v) is 13.4. The summed E-state index contributed by atoms with van der Waals surface area (Å²) in [4.78, 5) is 22.7. The quantitative estimate of drug-likeness (QED) is 0.372. The lowest BCUT2D eigenvalue weighted by molar-refractivity contribution is -0.143. The number of rotatable bonds is 12. The molecule has 7 nitrogen and oxygen atoms in total. The van der Waals surface area contributed by atoms with Crippen LogP contribution in [0.15, 0.2) is 30.6 Å². The second-order valence-corrected chi connectivity index (χ2v) is 10.5. The van der Waals surface area contributed by atoms with Gasteiger partial charge in [0.05, 0.1) is 12.7 Å². The van der Waals surface area contributed by atoms with Crippen LogP contribution >= 0.6 is 0 Å². The van der Waals surface area contributed by atoms with Crippen molar-refractivity contribution in [2.24, 2.45) is 5.92 Å². The smallest absolute Gasteiger partial charge is 0.325 e. The van der Waals surface area contributed by atoms with Gasteiger partial charge in [-0.15, -0.1) is 0 Å². The Hall–Kier alpha value is -2.65. The van der Waals surface area contributed by atoms with Gasteiger partial charge < -0.3 is 15.2 Å². The number of aromatic nitrogens is 2. The number of carbonyl (C=O) groups is 1. The number of hydrogen-bond acceptors (Lipinski definition) is 6. The SMILES string of the molecule is CC(C)OCc1ccncc1C(C(=O)O)N1CCC(C(F)(F)CCCCc2ccc3c(n2)NCCC3)C1. The van der Waals surface area contributed by atoms with E-state index in [1.807, 2.05) is 19.9 Å². The molecule has 202 valence electrons. The molecule has 2 unspecified atom stereocenters. The van der Waals surface area contributed by atoms with Crippen molar-refractivity contribution in [1.29, 1.82) is 0 Å². The van der Waals surface area contributed by atoms with E-state index in [-0.39, 0.29) is 32.1 Å². The number of alkyl halides is 2. The lowest BCUT2D eigenvalue weighted by Gasteiger charge is -2.28. The van der Waals surface area contributed by atoms with Crippen molar-refractivity contribution in [2.45, 2.75) is 83.5 Å². The summed E-state index contributed by atoms with van der Waals surface area (Å²) in [6.07, 6.45) is 7.01. The summed E-state index contributed by atoms with van der Waals surface area (Å²) in [5.41, 5.74) is 3.38. The van der Waals surface area contributed by atoms with Gasteiger partial charge in [0.25, 0.3) is 5.92 Å². The number of unbranched alkanes of at least 4 members (excludes halogenated alkanes) is 1. The van der Waals surface area contributed by atoms with Crippen LogP contribution in [0.4, 0.5) is 14.6 Å². The van der Waals surface area contributed by atoms with Crippen molar-refractivity contribution in [1.82, 2.24) is 14.9 Å². The van der Waals surface area contributed by atoms with Crippen LogP contribution in [0.1, 0.15) is 74.4 Å². The van der Waals surface area contributed by atoms with Gasteiger partial charge in [-0.2, -0.15) is 0 Å². The number of fused-ring (bicyclic) bond motifs is 1. The lowest BCUT2D eigenvalue weighted by atomic mass is 9.95. The molecule has 2 aromatic heterocycles. The van der Waals surface area contributed by atoms with Gasteiger partial charge in [0, 0.05) is 49.1 Å². The Balaban J connectivity index is 1.32. The summed E-state index contributed by atoms with van der Waals surface area (Å²) in [6.45, 7) is 5.34. The van der Waals surface area contributed by atoms with Gasteiger partial charge in [-0.1, -0.05) is 6.07 Å². The van der Waals surface area contributed by atoms with Crippen molar-refractivity contribution in [3.05, 3.63) is 53.0 Å². The molecule has 0 bridgehead atoms. The van der Waals surface area contributed by atoms with Gasteiger partial charge in [0.15, 0.2) is 0 Å². The first-order chi connectivity index (χ1) is 17.7. The number of aryl methyl sites for hydroxylation is 2. The van der Waals surface area contributed by atoms with Crippen LogP contribution in [-0.4, -0.2) is 57.6 Å². The average molecular weight is 517 g/mol. The standard InChI is InChI=1S/C28H38F2N4O3/c1-19(2)37-18-21-10-14-31-16-24(21)25(27(35)36)34-15-11-22(17-34)28(29,30)12-4-3-7-23-9-8-20-6-5-13-32-26(20)33-23/h8-10,14,16,19,22,25H,3-7,11-13,15,17-18H2,1-2H3,(H,32,33)(H,35,36). The number of hydrogen-bond donors (Lipinski definition) is 2. The van der Waals surface area contributed by atoms with Gasteiger partial charge in [-0.25, -0.2) is 13.8 Å². The maximum absolute atomic E-state index is 15.2. The summed E-state index contributed by atoms with van der Waals surface area (Å²) in [5, 5.41) is 13.3. The summed E-state index contributed by atoms with van der Waals surface area (Å²) in [6, 6.07) is 4.81. The van der Waals surface area contributed by atoms with Crippen LogP contribution in [0.25, 0.3) is 0 Å². The number of nitrogens with zero attached hydrogens (tertiary/aromatic N) is 3. The molecular formula is C28H38F2N4O3. The average Bonchev–Trinajstić information content (AvgIpc) is 3.36. The summed E-state index contributed by atoms with van der Waals surface area (Å²) < 4.78 is 36.0. The molecule has 2 aliphatic rings. The van der Waals surface area contributed by atoms with Gasteiger partial charge in [-0.05, 0) is 82.2 Å². The van der Waals surface area contributed by atoms with Crippen LogP contribution in [0.5, 0.6) is 0 Å². The molecule has 4 rings (SSSR count). The highest BCUT2D eigenvalue weighted by molar-refractivity contribution is 5.76. The molecular weight excluding hydrogens is 478 g/mol. The van der Waals surface area contributed by atoms with E-state index in [0.717, 1.165) is 36.5 Å². The van der Waals surface area contributed by atoms with E-state index in [1.54, 1.807) is 17.2 Å². The van der Waals surface area contributed by atoms with Crippen LogP contribution < -0.4 is 5.32 Å². The van der Waals surface area contributed by atoms with Crippen molar-refractivity contribution >= 4 is 11.8 Å². The zero-order valence-electron chi connectivity index (χ0n) is 21.8. The number of carboxylic acids is 1. The monoisotopic (exact) mass is 516 g/mol. The number of aliphatic carboxylic acids is 1. The van der Waals surface area contributed by atoms with Crippen LogP contribution in [0.3, 0.4) is 0 Å². The molecule has 0 spiro atoms. The second kappa shape index (κ2) is 12.3. The largest absolute Gasteiger partial charge is 0.480 e. The molecule has 0 amide bonds. The number of likely N-dealkylation sites (tertiary alicyclic amines) is 1. The van der Waals surface area contributed by atoms with E-state index < -0.39 is 23.9 Å². The highest BCUT2D eigenvalue weighted by Gasteiger charge is 2.45. The van der Waals surface area contributed by atoms with E-state index in [2.05, 4.69) is 21.4 Å². The predicted molar refractivity (Wildman–Crippen MR) is 138 cm³/mol. The predicted octanol–water partition coefficient (Wildman–Crippen LogP) is 5.26. The molecule has 0 saturated carbocycles. The molecule has 2 aliphatic heterocycles. The number of ether oxygens (including phenoxy) is 1. The zero-order valence-corrected chi connectivity index (χ0v) is 21.8. The number of anilines is 1. The van der Waals surface area contributed by atoms with E-state index in [9.17, 15) is 9.90 Å². The third-order valence-corrected chi connectivity index (χ3v) is 7.37. The highest BCUT2D eigenvalue weighted by Crippen LogP contribution is 2.39. The van der Waals surface area contributed by atoms with Crippen LogP contribution in [-0.2, 0) is 29.0 Å². The molecule has 2 atom stereocenters. The number of pyridine rings is 2. The van der Waals surface area contributed by atoms with Crippen LogP contribution in [0.2, 0.25) is 0 Å². The van der Waals surface area contributed by atoms with Gasteiger partial charge in [0.2, 0.25) is 0 Å². The second-order valence-electron chi connectivity index (χ2n) is 10.5. The highest BCUT2D eigenvalue weighted by atomic mass is 19.3. The lowest BCUT2D eigenvalue weighted by Crippen LogP contribution is -2.36. The van der Waals surface area contributed by atoms with E-state index in [4.69, 9.17) is 4.74 Å². The van der Waals surface area contributed by atoms with Crippen molar-refractivity contribution in [3.63, 3.8) is 0 Å². The Morgan fingerprint density at radius 2 is 2.14 bits per heavy atom. The molecule has 1 saturated heterocycles. The van der Waals surface area contributed by atoms with Gasteiger partial charge >= 0.3 is 5.97 Å². The first-order valence-electron chi connectivity index (χ1n) is 13.4. The normalized spacial score (nSPS) is 19.0. The number of nitrogens with one attached hydrogen (secondary N) is 1. The molecule has 0 aromatic carbocycles. The maximum atomic E-state index is 15.2. The fourth-order valence-corrected chi connectivity index (χ4v) is 5.30. The van der Waals surface area contributed by atoms with Crippen molar-refractivity contribution in [2.75, 3.05) is 25.0 Å². The number of halogens is 2. The molecule has 9 heteroatoms. The third-order valence-electron chi connectivity index (χ3n) is 7.37. The molecule has 2 aromatic rings. The summed E-state index contributed by atoms with van der Waals surface area (Å²) in [7, 11) is 0. The van der Waals surface area contributed by atoms with Crippen molar-refractivity contribution in [3.8, 4) is 0 Å². The summed E-state index contributed by atoms with van der Waals surface area (Å²) >= 11 is 0. The Bertz CT molecular complexity index is 1070.